The van der Waals surface area contributed by atoms with Crippen LogP contribution in [0.4, 0.5) is 0 Å². The van der Waals surface area contributed by atoms with Gasteiger partial charge in [-0.2, -0.15) is 0 Å². The van der Waals surface area contributed by atoms with E-state index in [4.69, 9.17) is 0 Å². The van der Waals surface area contributed by atoms with Gasteiger partial charge in [-0.1, -0.05) is 53.6 Å². The Hall–Kier alpha value is -1.19. The summed E-state index contributed by atoms with van der Waals surface area (Å²) in [5.41, 5.74) is 3.66. The van der Waals surface area contributed by atoms with Gasteiger partial charge in [-0.15, -0.1) is 0 Å². The molecular formula is C26H31BrO2. The summed E-state index contributed by atoms with van der Waals surface area (Å²) < 4.78 is 1.05. The first-order valence-corrected chi connectivity index (χ1v) is 12.0. The van der Waals surface area contributed by atoms with Crippen LogP contribution >= 0.6 is 15.9 Å². The van der Waals surface area contributed by atoms with Gasteiger partial charge in [0.15, 0.2) is 5.78 Å². The molecule has 5 rings (SSSR count). The molecule has 6 atom stereocenters. The summed E-state index contributed by atoms with van der Waals surface area (Å²) in [4.78, 5) is 13.5. The molecule has 3 heteroatoms. The van der Waals surface area contributed by atoms with E-state index in [0.29, 0.717) is 23.5 Å². The lowest BCUT2D eigenvalue weighted by Crippen LogP contribution is -2.50. The molecule has 1 aromatic rings. The van der Waals surface area contributed by atoms with Gasteiger partial charge in [-0.3, -0.25) is 4.79 Å². The molecule has 6 unspecified atom stereocenters. The Kier molecular flexibility index (Phi) is 4.71. The van der Waals surface area contributed by atoms with E-state index in [1.165, 1.54) is 5.57 Å². The molecule has 0 aliphatic heterocycles. The van der Waals surface area contributed by atoms with Gasteiger partial charge in [0.2, 0.25) is 0 Å². The molecule has 0 bridgehead atoms. The number of benzene rings is 1. The highest BCUT2D eigenvalue weighted by Crippen LogP contribution is 2.64. The summed E-state index contributed by atoms with van der Waals surface area (Å²) in [5, 5.41) is 10.2. The van der Waals surface area contributed by atoms with E-state index in [9.17, 15) is 9.90 Å². The van der Waals surface area contributed by atoms with Gasteiger partial charge < -0.3 is 5.11 Å². The zero-order valence-corrected chi connectivity index (χ0v) is 19.0. The van der Waals surface area contributed by atoms with Gasteiger partial charge in [0.25, 0.3) is 0 Å². The maximum Gasteiger partial charge on any atom is 0.165 e. The Morgan fingerprint density at radius 2 is 1.90 bits per heavy atom. The summed E-state index contributed by atoms with van der Waals surface area (Å²) in [7, 11) is 0. The highest BCUT2D eigenvalue weighted by Gasteiger charge is 2.59. The zero-order chi connectivity index (χ0) is 20.4. The Morgan fingerprint density at radius 1 is 1.10 bits per heavy atom. The minimum absolute atomic E-state index is 0.160. The highest BCUT2D eigenvalue weighted by molar-refractivity contribution is 9.10. The van der Waals surface area contributed by atoms with Crippen LogP contribution in [0.15, 0.2) is 46.0 Å². The summed E-state index contributed by atoms with van der Waals surface area (Å²) in [5.74, 6) is 2.09. The molecule has 154 valence electrons. The smallest absolute Gasteiger partial charge is 0.165 e. The van der Waals surface area contributed by atoms with E-state index in [-0.39, 0.29) is 16.9 Å². The molecule has 0 aromatic heterocycles. The van der Waals surface area contributed by atoms with E-state index in [0.717, 1.165) is 60.6 Å². The number of rotatable bonds is 1. The number of ketones is 1. The van der Waals surface area contributed by atoms with Crippen LogP contribution in [0.1, 0.15) is 64.4 Å². The minimum atomic E-state index is -0.200. The molecule has 3 fully saturated rings. The molecule has 1 aromatic carbocycles. The average Bonchev–Trinajstić information content (AvgIpc) is 2.93. The standard InChI is InChI=1S/C26H31BrO2/c1-25-10-8-20(28)15-18(25)6-7-21-22(25)9-11-26(2)23(21)14-17(24(26)29)12-16-4-3-5-19(27)13-16/h3-6,12-13,20-23,28H,7-11,14-15H2,1-2H3/b17-12-. The monoisotopic (exact) mass is 454 g/mol. The maximum atomic E-state index is 13.5. The predicted molar refractivity (Wildman–Crippen MR) is 120 cm³/mol. The third-order valence-corrected chi connectivity index (χ3v) is 9.40. The molecule has 3 saturated carbocycles. The number of hydrogen-bond acceptors (Lipinski definition) is 2. The number of carbonyl (C=O) groups excluding carboxylic acids is 1. The lowest BCUT2D eigenvalue weighted by Gasteiger charge is -2.56. The summed E-state index contributed by atoms with van der Waals surface area (Å²) in [6.45, 7) is 4.68. The Balaban J connectivity index is 1.48. The minimum Gasteiger partial charge on any atom is -0.393 e. The maximum absolute atomic E-state index is 13.5. The predicted octanol–water partition coefficient (Wildman–Crippen LogP) is 6.34. The number of Topliss-reactive ketones (excluding diaryl/α,β-unsaturated/α-hetero) is 1. The normalized spacial score (nSPS) is 42.8. The van der Waals surface area contributed by atoms with E-state index in [1.807, 2.05) is 12.1 Å². The molecule has 4 aliphatic carbocycles. The number of fused-ring (bicyclic) bond motifs is 5. The quantitative estimate of drug-likeness (QED) is 0.397. The lowest BCUT2D eigenvalue weighted by molar-refractivity contribution is -0.130. The van der Waals surface area contributed by atoms with Gasteiger partial charge in [-0.05, 0) is 97.5 Å². The van der Waals surface area contributed by atoms with Crippen LogP contribution in [0.2, 0.25) is 0 Å². The summed E-state index contributed by atoms with van der Waals surface area (Å²) >= 11 is 3.55. The summed E-state index contributed by atoms with van der Waals surface area (Å²) in [6.07, 6.45) is 11.5. The molecule has 0 saturated heterocycles. The Labute approximate surface area is 182 Å². The zero-order valence-electron chi connectivity index (χ0n) is 17.5. The van der Waals surface area contributed by atoms with Crippen LogP contribution in [-0.2, 0) is 4.79 Å². The second-order valence-corrected chi connectivity index (χ2v) is 11.3. The molecule has 29 heavy (non-hydrogen) atoms. The first-order valence-electron chi connectivity index (χ1n) is 11.2. The van der Waals surface area contributed by atoms with Crippen molar-refractivity contribution in [2.24, 2.45) is 28.6 Å². The SMILES string of the molecule is CC12CCC3C(CC=C4CC(O)CCC43C)C1C/C(=C/c1cccc(Br)c1)C2=O. The van der Waals surface area contributed by atoms with Crippen molar-refractivity contribution in [3.8, 4) is 0 Å². The molecule has 4 aliphatic rings. The Bertz CT molecular complexity index is 915. The number of aliphatic hydroxyl groups is 1. The number of carbonyl (C=O) groups is 1. The van der Waals surface area contributed by atoms with Crippen molar-refractivity contribution in [3.63, 3.8) is 0 Å². The van der Waals surface area contributed by atoms with Gasteiger partial charge in [0.1, 0.15) is 0 Å². The van der Waals surface area contributed by atoms with E-state index >= 15 is 0 Å². The van der Waals surface area contributed by atoms with Crippen molar-refractivity contribution in [1.29, 1.82) is 0 Å². The van der Waals surface area contributed by atoms with Gasteiger partial charge in [0, 0.05) is 9.89 Å². The Morgan fingerprint density at radius 3 is 2.69 bits per heavy atom. The van der Waals surface area contributed by atoms with Crippen LogP contribution in [0.5, 0.6) is 0 Å². The van der Waals surface area contributed by atoms with Crippen LogP contribution in [-0.4, -0.2) is 17.0 Å². The third kappa shape index (κ3) is 3.03. The highest BCUT2D eigenvalue weighted by atomic mass is 79.9. The van der Waals surface area contributed by atoms with E-state index in [1.54, 1.807) is 0 Å². The molecule has 0 amide bonds. The fourth-order valence-electron chi connectivity index (χ4n) is 7.24. The van der Waals surface area contributed by atoms with Crippen LogP contribution in [0.25, 0.3) is 6.08 Å². The van der Waals surface area contributed by atoms with Crippen LogP contribution < -0.4 is 0 Å². The largest absolute Gasteiger partial charge is 0.393 e. The topological polar surface area (TPSA) is 37.3 Å². The van der Waals surface area contributed by atoms with Crippen molar-refractivity contribution in [1.82, 2.24) is 0 Å². The molecule has 0 radical (unpaired) electrons. The van der Waals surface area contributed by atoms with Gasteiger partial charge >= 0.3 is 0 Å². The van der Waals surface area contributed by atoms with E-state index in [2.05, 4.69) is 54.1 Å². The van der Waals surface area contributed by atoms with Gasteiger partial charge in [0.05, 0.1) is 6.10 Å². The molecule has 2 nitrogen and oxygen atoms in total. The number of aliphatic hydroxyl groups excluding tert-OH is 1. The first-order chi connectivity index (χ1) is 13.8. The second-order valence-electron chi connectivity index (χ2n) is 10.4. The first kappa shape index (κ1) is 19.8. The fourth-order valence-corrected chi connectivity index (χ4v) is 7.66. The molecular weight excluding hydrogens is 424 g/mol. The second kappa shape index (κ2) is 6.92. The lowest BCUT2D eigenvalue weighted by atomic mass is 9.48. The number of hydrogen-bond donors (Lipinski definition) is 1. The van der Waals surface area contributed by atoms with Crippen molar-refractivity contribution >= 4 is 27.8 Å². The third-order valence-electron chi connectivity index (χ3n) is 8.91. The number of allylic oxidation sites excluding steroid dienone is 2. The van der Waals surface area contributed by atoms with Crippen molar-refractivity contribution in [2.75, 3.05) is 0 Å². The molecule has 0 heterocycles. The van der Waals surface area contributed by atoms with Crippen molar-refractivity contribution in [3.05, 3.63) is 51.5 Å². The number of halogens is 1. The van der Waals surface area contributed by atoms with Gasteiger partial charge in [-0.25, -0.2) is 0 Å². The van der Waals surface area contributed by atoms with Crippen LogP contribution in [0.3, 0.4) is 0 Å². The average molecular weight is 455 g/mol. The van der Waals surface area contributed by atoms with E-state index < -0.39 is 0 Å². The fraction of sp³-hybridized carbons (Fsp3) is 0.577. The van der Waals surface area contributed by atoms with Crippen molar-refractivity contribution < 1.29 is 9.90 Å². The molecule has 0 spiro atoms. The summed E-state index contributed by atoms with van der Waals surface area (Å²) in [6, 6.07) is 8.24. The molecule has 1 N–H and O–H groups in total. The van der Waals surface area contributed by atoms with Crippen LogP contribution in [0, 0.1) is 28.6 Å². The van der Waals surface area contributed by atoms with Crippen molar-refractivity contribution in [2.45, 2.75) is 64.9 Å².